The number of hydrogen-bond acceptors (Lipinski definition) is 3. The van der Waals surface area contributed by atoms with Crippen molar-refractivity contribution in [1.29, 1.82) is 0 Å². The predicted octanol–water partition coefficient (Wildman–Crippen LogP) is 2.63. The summed E-state index contributed by atoms with van der Waals surface area (Å²) in [5, 5.41) is 4.53. The molecule has 3 N–H and O–H groups in total. The fraction of sp³-hybridized carbons (Fsp3) is 0.211. The molecule has 2 unspecified atom stereocenters. The maximum atomic E-state index is 12.6. The van der Waals surface area contributed by atoms with Crippen molar-refractivity contribution in [1.82, 2.24) is 5.43 Å². The third-order valence-electron chi connectivity index (χ3n) is 3.64. The average Bonchev–Trinajstić information content (AvgIpc) is 2.62. The van der Waals surface area contributed by atoms with Crippen molar-refractivity contribution in [2.45, 2.75) is 24.5 Å². The van der Waals surface area contributed by atoms with E-state index in [4.69, 9.17) is 18.0 Å². The van der Waals surface area contributed by atoms with Crippen LogP contribution in [0, 0.1) is 0 Å². The first kappa shape index (κ1) is 19.4. The summed E-state index contributed by atoms with van der Waals surface area (Å²) in [6.07, 6.45) is 1.34. The van der Waals surface area contributed by atoms with Gasteiger partial charge in [-0.25, -0.2) is 0 Å². The summed E-state index contributed by atoms with van der Waals surface area (Å²) in [6, 6.07) is 19.7. The fourth-order valence-electron chi connectivity index (χ4n) is 2.46. The Labute approximate surface area is 160 Å². The van der Waals surface area contributed by atoms with Crippen molar-refractivity contribution in [3.63, 3.8) is 0 Å². The van der Waals surface area contributed by atoms with Gasteiger partial charge >= 0.3 is 161 Å². The molecule has 130 valence electrons. The number of carbonyl (C=O) groups excluding carboxylic acids is 1. The average molecular weight is 415 g/mol. The summed E-state index contributed by atoms with van der Waals surface area (Å²) in [5.41, 5.74) is 11.1. The van der Waals surface area contributed by atoms with Gasteiger partial charge in [0.1, 0.15) is 0 Å². The molecule has 0 aliphatic heterocycles. The Morgan fingerprint density at radius 2 is 1.76 bits per heavy atom. The van der Waals surface area contributed by atoms with Crippen LogP contribution in [0.4, 0.5) is 0 Å². The number of nitrogens with one attached hydrogen (secondary N) is 1. The van der Waals surface area contributed by atoms with Crippen molar-refractivity contribution in [3.8, 4) is 0 Å². The number of carbonyl (C=O) groups is 1. The van der Waals surface area contributed by atoms with Gasteiger partial charge in [0.2, 0.25) is 0 Å². The van der Waals surface area contributed by atoms with Crippen LogP contribution in [0.1, 0.15) is 24.5 Å². The number of thiocarbonyl (C=S) groups is 1. The summed E-state index contributed by atoms with van der Waals surface area (Å²) >= 11 is 3.99. The molecule has 0 aromatic heterocycles. The van der Waals surface area contributed by atoms with Crippen LogP contribution in [-0.2, 0) is 11.2 Å². The maximum absolute atomic E-state index is 12.6. The van der Waals surface area contributed by atoms with E-state index in [1.54, 1.807) is 0 Å². The quantitative estimate of drug-likeness (QED) is 0.301. The van der Waals surface area contributed by atoms with Crippen molar-refractivity contribution in [3.05, 3.63) is 71.8 Å². The van der Waals surface area contributed by atoms with Crippen LogP contribution < -0.4 is 11.2 Å². The molecule has 0 aliphatic carbocycles. The molecule has 6 heteroatoms. The van der Waals surface area contributed by atoms with Gasteiger partial charge in [0.05, 0.1) is 0 Å². The Morgan fingerprint density at radius 3 is 2.32 bits per heavy atom. The number of benzene rings is 2. The Balaban J connectivity index is 2.16. The number of nitrogens with zero attached hydrogens (tertiary/aromatic N) is 1. The van der Waals surface area contributed by atoms with E-state index < -0.39 is 15.8 Å². The zero-order valence-electron chi connectivity index (χ0n) is 14.1. The first-order chi connectivity index (χ1) is 12.1. The number of hydrogen-bond donors (Lipinski definition) is 2. The van der Waals surface area contributed by atoms with Gasteiger partial charge in [-0.1, -0.05) is 0 Å². The minimum atomic E-state index is -0.879. The van der Waals surface area contributed by atoms with Crippen LogP contribution in [0.2, 0.25) is 4.71 Å². The molecule has 0 saturated carbocycles. The molecule has 0 saturated heterocycles. The molecule has 0 spiro atoms. The predicted molar refractivity (Wildman–Crippen MR) is 109 cm³/mol. The Bertz CT molecular complexity index is 735. The van der Waals surface area contributed by atoms with E-state index in [-0.39, 0.29) is 9.82 Å². The number of hydrazone groups is 1. The van der Waals surface area contributed by atoms with Gasteiger partial charge in [-0.15, -0.1) is 0 Å². The van der Waals surface area contributed by atoms with Gasteiger partial charge < -0.3 is 0 Å². The molecule has 0 radical (unpaired) electrons. The summed E-state index contributed by atoms with van der Waals surface area (Å²) < 4.78 is 0.442. The molecule has 2 rings (SSSR count). The van der Waals surface area contributed by atoms with Crippen LogP contribution >= 0.6 is 12.2 Å². The van der Waals surface area contributed by atoms with Gasteiger partial charge in [0, 0.05) is 0 Å². The van der Waals surface area contributed by atoms with Crippen LogP contribution in [0.25, 0.3) is 0 Å². The molecular weight excluding hydrogens is 393 g/mol. The van der Waals surface area contributed by atoms with E-state index in [0.717, 1.165) is 23.3 Å². The molecule has 0 aliphatic rings. The van der Waals surface area contributed by atoms with Crippen molar-refractivity contribution < 1.29 is 4.79 Å². The van der Waals surface area contributed by atoms with Gasteiger partial charge in [0.15, 0.2) is 0 Å². The number of nitrogens with two attached hydrogens (primary N) is 1. The molecule has 0 heterocycles. The van der Waals surface area contributed by atoms with E-state index in [9.17, 15) is 4.79 Å². The van der Waals surface area contributed by atoms with Crippen LogP contribution in [-0.4, -0.2) is 31.1 Å². The van der Waals surface area contributed by atoms with Crippen molar-refractivity contribution in [2.24, 2.45) is 10.8 Å². The molecule has 2 atom stereocenters. The third kappa shape index (κ3) is 6.44. The second-order valence-electron chi connectivity index (χ2n) is 5.53. The minimum absolute atomic E-state index is 0.124. The van der Waals surface area contributed by atoms with Crippen LogP contribution in [0.3, 0.4) is 0 Å². The summed E-state index contributed by atoms with van der Waals surface area (Å²) in [4.78, 5) is 12.6. The van der Waals surface area contributed by atoms with E-state index >= 15 is 0 Å². The van der Waals surface area contributed by atoms with Gasteiger partial charge in [-0.3, -0.25) is 0 Å². The Morgan fingerprint density at radius 1 is 1.16 bits per heavy atom. The first-order valence-electron chi connectivity index (χ1n) is 8.12. The Hall–Kier alpha value is -1.97. The van der Waals surface area contributed by atoms with Gasteiger partial charge in [-0.2, -0.15) is 0 Å². The fourth-order valence-corrected chi connectivity index (χ4v) is 5.16. The molecule has 2 aromatic rings. The zero-order chi connectivity index (χ0) is 18.1. The SMILES string of the molecule is CCC([AsH]C(=O)Cc1ccccc1)C(=NNC(N)=S)c1ccccc1. The molecule has 0 amide bonds. The number of rotatable bonds is 8. The molecule has 0 bridgehead atoms. The molecule has 4 nitrogen and oxygen atoms in total. The molecule has 2 aromatic carbocycles. The van der Waals surface area contributed by atoms with Gasteiger partial charge in [-0.05, 0) is 0 Å². The third-order valence-corrected chi connectivity index (χ3v) is 6.94. The van der Waals surface area contributed by atoms with E-state index in [1.807, 2.05) is 60.7 Å². The van der Waals surface area contributed by atoms with Crippen LogP contribution in [0.5, 0.6) is 0 Å². The van der Waals surface area contributed by atoms with E-state index in [0.29, 0.717) is 11.0 Å². The van der Waals surface area contributed by atoms with Gasteiger partial charge in [0.25, 0.3) is 0 Å². The molecule has 0 fully saturated rings. The van der Waals surface area contributed by atoms with Crippen molar-refractivity contribution >= 4 is 43.4 Å². The zero-order valence-corrected chi connectivity index (χ0v) is 17.0. The standard InChI is InChI=1S/C19H22AsN3OS/c1-2-16(20-17(24)13-14-9-5-3-6-10-14)18(22-23-19(21)25)15-11-7-4-8-12-15/h3-12,16,20H,2,13H2,1H3,(H3,21,23,25). The summed E-state index contributed by atoms with van der Waals surface area (Å²) in [7, 11) is 0. The summed E-state index contributed by atoms with van der Waals surface area (Å²) in [6.45, 7) is 2.09. The second-order valence-corrected chi connectivity index (χ2v) is 9.21. The second kappa shape index (κ2) is 10.1. The molecular formula is C19H22AsN3OS. The van der Waals surface area contributed by atoms with E-state index in [1.165, 1.54) is 0 Å². The Kier molecular flexibility index (Phi) is 7.83. The summed E-state index contributed by atoms with van der Waals surface area (Å²) in [5.74, 6) is 0. The topological polar surface area (TPSA) is 67.5 Å². The van der Waals surface area contributed by atoms with Crippen molar-refractivity contribution in [2.75, 3.05) is 0 Å². The first-order valence-corrected chi connectivity index (χ1v) is 10.8. The normalized spacial score (nSPS) is 12.9. The van der Waals surface area contributed by atoms with E-state index in [2.05, 4.69) is 17.5 Å². The molecule has 25 heavy (non-hydrogen) atoms. The van der Waals surface area contributed by atoms with Crippen LogP contribution in [0.15, 0.2) is 65.8 Å². The monoisotopic (exact) mass is 415 g/mol.